The number of piperidine rings is 1. The lowest BCUT2D eigenvalue weighted by atomic mass is 10.1. The lowest BCUT2D eigenvalue weighted by Gasteiger charge is -2.29. The van der Waals surface area contributed by atoms with E-state index in [0.717, 1.165) is 43.3 Å². The van der Waals surface area contributed by atoms with Gasteiger partial charge in [-0.15, -0.1) is 16.9 Å². The van der Waals surface area contributed by atoms with Crippen LogP contribution in [0.25, 0.3) is 11.4 Å². The Kier molecular flexibility index (Phi) is 3.93. The molecule has 1 aliphatic heterocycles. The monoisotopic (exact) mass is 289 g/mol. The standard InChI is InChI=1S/C14H19N5S/c1-20-12-6-4-10(5-7-12)13-16-14(18-17-13)19-8-2-3-11(15)9-19/h4-7,11H,2-3,8-9,15H2,1H3,(H,16,17,18). The van der Waals surface area contributed by atoms with Gasteiger partial charge in [0.25, 0.3) is 0 Å². The van der Waals surface area contributed by atoms with E-state index in [1.807, 2.05) is 0 Å². The van der Waals surface area contributed by atoms with E-state index in [4.69, 9.17) is 5.73 Å². The highest BCUT2D eigenvalue weighted by Crippen LogP contribution is 2.22. The molecule has 1 fully saturated rings. The van der Waals surface area contributed by atoms with Crippen molar-refractivity contribution < 1.29 is 0 Å². The Morgan fingerprint density at radius 1 is 1.35 bits per heavy atom. The number of hydrogen-bond donors (Lipinski definition) is 2. The van der Waals surface area contributed by atoms with E-state index >= 15 is 0 Å². The van der Waals surface area contributed by atoms with Gasteiger partial charge in [-0.25, -0.2) is 0 Å². The largest absolute Gasteiger partial charge is 0.338 e. The molecule has 5 nitrogen and oxygen atoms in total. The molecule has 0 aliphatic carbocycles. The van der Waals surface area contributed by atoms with Crippen molar-refractivity contribution in [2.24, 2.45) is 5.73 Å². The molecule has 6 heteroatoms. The maximum absolute atomic E-state index is 6.00. The highest BCUT2D eigenvalue weighted by Gasteiger charge is 2.20. The van der Waals surface area contributed by atoms with E-state index in [0.29, 0.717) is 0 Å². The molecule has 2 aromatic rings. The maximum atomic E-state index is 6.00. The molecule has 0 saturated carbocycles. The molecule has 0 spiro atoms. The van der Waals surface area contributed by atoms with Gasteiger partial charge in [0, 0.05) is 29.6 Å². The topological polar surface area (TPSA) is 70.8 Å². The molecule has 20 heavy (non-hydrogen) atoms. The average molecular weight is 289 g/mol. The molecule has 1 aliphatic rings. The minimum absolute atomic E-state index is 0.228. The van der Waals surface area contributed by atoms with Crippen LogP contribution in [-0.2, 0) is 0 Å². The van der Waals surface area contributed by atoms with Gasteiger partial charge in [0.2, 0.25) is 5.95 Å². The van der Waals surface area contributed by atoms with Crippen LogP contribution in [0.4, 0.5) is 5.95 Å². The Labute approximate surface area is 123 Å². The molecule has 0 radical (unpaired) electrons. The lowest BCUT2D eigenvalue weighted by molar-refractivity contribution is 0.500. The Morgan fingerprint density at radius 2 is 2.15 bits per heavy atom. The van der Waals surface area contributed by atoms with E-state index in [9.17, 15) is 0 Å². The normalized spacial score (nSPS) is 19.3. The van der Waals surface area contributed by atoms with E-state index in [-0.39, 0.29) is 6.04 Å². The van der Waals surface area contributed by atoms with E-state index < -0.39 is 0 Å². The second kappa shape index (κ2) is 5.85. The molecule has 1 saturated heterocycles. The summed E-state index contributed by atoms with van der Waals surface area (Å²) in [4.78, 5) is 7.99. The molecule has 0 bridgehead atoms. The number of hydrogen-bond acceptors (Lipinski definition) is 5. The van der Waals surface area contributed by atoms with Crippen LogP contribution in [-0.4, -0.2) is 40.6 Å². The maximum Gasteiger partial charge on any atom is 0.245 e. The molecule has 1 aromatic carbocycles. The first-order valence-corrected chi connectivity index (χ1v) is 8.06. The first kappa shape index (κ1) is 13.5. The number of nitrogens with one attached hydrogen (secondary N) is 1. The van der Waals surface area contributed by atoms with Crippen LogP contribution in [0.5, 0.6) is 0 Å². The van der Waals surface area contributed by atoms with Crippen molar-refractivity contribution in [2.75, 3.05) is 24.2 Å². The minimum atomic E-state index is 0.228. The molecule has 106 valence electrons. The molecule has 1 unspecified atom stereocenters. The number of nitrogens with two attached hydrogens (primary N) is 1. The van der Waals surface area contributed by atoms with Gasteiger partial charge in [0.05, 0.1) is 0 Å². The van der Waals surface area contributed by atoms with Crippen LogP contribution in [0, 0.1) is 0 Å². The average Bonchev–Trinajstić information content (AvgIpc) is 2.97. The number of rotatable bonds is 3. The zero-order valence-electron chi connectivity index (χ0n) is 11.5. The third kappa shape index (κ3) is 2.81. The number of thioether (sulfide) groups is 1. The summed E-state index contributed by atoms with van der Waals surface area (Å²) >= 11 is 1.73. The van der Waals surface area contributed by atoms with Crippen molar-refractivity contribution in [1.29, 1.82) is 0 Å². The van der Waals surface area contributed by atoms with E-state index in [1.165, 1.54) is 4.90 Å². The van der Waals surface area contributed by atoms with Crippen LogP contribution in [0.2, 0.25) is 0 Å². The van der Waals surface area contributed by atoms with Crippen molar-refractivity contribution >= 4 is 17.7 Å². The van der Waals surface area contributed by atoms with Gasteiger partial charge in [0.1, 0.15) is 0 Å². The van der Waals surface area contributed by atoms with Gasteiger partial charge < -0.3 is 10.6 Å². The quantitative estimate of drug-likeness (QED) is 0.847. The van der Waals surface area contributed by atoms with Gasteiger partial charge in [-0.1, -0.05) is 12.1 Å². The van der Waals surface area contributed by atoms with Gasteiger partial charge in [0.15, 0.2) is 5.82 Å². The van der Waals surface area contributed by atoms with Gasteiger partial charge in [-0.05, 0) is 31.2 Å². The lowest BCUT2D eigenvalue weighted by Crippen LogP contribution is -2.43. The number of nitrogens with zero attached hydrogens (tertiary/aromatic N) is 3. The molecule has 3 N–H and O–H groups in total. The molecule has 2 heterocycles. The number of aromatic amines is 1. The van der Waals surface area contributed by atoms with Crippen molar-refractivity contribution in [3.63, 3.8) is 0 Å². The van der Waals surface area contributed by atoms with E-state index in [1.54, 1.807) is 11.8 Å². The number of H-pyrrole nitrogens is 1. The molecular formula is C14H19N5S. The summed E-state index contributed by atoms with van der Waals surface area (Å²) in [6.45, 7) is 1.82. The molecule has 1 aromatic heterocycles. The van der Waals surface area contributed by atoms with Crippen LogP contribution < -0.4 is 10.6 Å². The fourth-order valence-electron chi connectivity index (χ4n) is 2.46. The molecular weight excluding hydrogens is 270 g/mol. The Hall–Kier alpha value is -1.53. The second-order valence-electron chi connectivity index (χ2n) is 5.06. The fraction of sp³-hybridized carbons (Fsp3) is 0.429. The third-order valence-corrected chi connectivity index (χ3v) is 4.32. The van der Waals surface area contributed by atoms with Gasteiger partial charge >= 0.3 is 0 Å². The summed E-state index contributed by atoms with van der Waals surface area (Å²) < 4.78 is 0. The Bertz CT molecular complexity index is 565. The first-order chi connectivity index (χ1) is 9.76. The van der Waals surface area contributed by atoms with Gasteiger partial charge in [-0.3, -0.25) is 5.10 Å². The Balaban J connectivity index is 1.78. The number of anilines is 1. The number of benzene rings is 1. The highest BCUT2D eigenvalue weighted by atomic mass is 32.2. The predicted molar refractivity (Wildman–Crippen MR) is 83.0 cm³/mol. The fourth-order valence-corrected chi connectivity index (χ4v) is 2.87. The first-order valence-electron chi connectivity index (χ1n) is 6.83. The number of aromatic nitrogens is 3. The zero-order valence-corrected chi connectivity index (χ0v) is 12.4. The second-order valence-corrected chi connectivity index (χ2v) is 5.94. The predicted octanol–water partition coefficient (Wildman–Crippen LogP) is 2.12. The molecule has 0 amide bonds. The van der Waals surface area contributed by atoms with Crippen molar-refractivity contribution in [3.05, 3.63) is 24.3 Å². The zero-order chi connectivity index (χ0) is 13.9. The summed E-state index contributed by atoms with van der Waals surface area (Å²) in [7, 11) is 0. The highest BCUT2D eigenvalue weighted by molar-refractivity contribution is 7.98. The molecule has 1 atom stereocenters. The summed E-state index contributed by atoms with van der Waals surface area (Å²) in [5.74, 6) is 1.57. The SMILES string of the molecule is CSc1ccc(-c2nc(N3CCCC(N)C3)n[nH]2)cc1. The van der Waals surface area contributed by atoms with Crippen LogP contribution in [0.1, 0.15) is 12.8 Å². The van der Waals surface area contributed by atoms with Gasteiger partial charge in [-0.2, -0.15) is 4.98 Å². The smallest absolute Gasteiger partial charge is 0.245 e. The molecule has 3 rings (SSSR count). The van der Waals surface area contributed by atoms with E-state index in [2.05, 4.69) is 50.6 Å². The van der Waals surface area contributed by atoms with Crippen LogP contribution in [0.15, 0.2) is 29.2 Å². The minimum Gasteiger partial charge on any atom is -0.338 e. The summed E-state index contributed by atoms with van der Waals surface area (Å²) in [5, 5.41) is 7.34. The Morgan fingerprint density at radius 3 is 2.85 bits per heavy atom. The summed E-state index contributed by atoms with van der Waals surface area (Å²) in [6, 6.07) is 8.56. The van der Waals surface area contributed by atoms with Crippen LogP contribution in [0.3, 0.4) is 0 Å². The van der Waals surface area contributed by atoms with Crippen molar-refractivity contribution in [2.45, 2.75) is 23.8 Å². The summed E-state index contributed by atoms with van der Waals surface area (Å²) in [6.07, 6.45) is 4.26. The summed E-state index contributed by atoms with van der Waals surface area (Å²) in [5.41, 5.74) is 7.06. The van der Waals surface area contributed by atoms with Crippen molar-refractivity contribution in [1.82, 2.24) is 15.2 Å². The van der Waals surface area contributed by atoms with Crippen molar-refractivity contribution in [3.8, 4) is 11.4 Å². The third-order valence-electron chi connectivity index (χ3n) is 3.58. The van der Waals surface area contributed by atoms with Crippen LogP contribution >= 0.6 is 11.8 Å².